The van der Waals surface area contributed by atoms with Crippen LogP contribution in [0.1, 0.15) is 0 Å². The molecule has 0 fully saturated rings. The van der Waals surface area contributed by atoms with Gasteiger partial charge < -0.3 is 25.0 Å². The van der Waals surface area contributed by atoms with Crippen molar-refractivity contribution in [1.29, 1.82) is 0 Å². The molecule has 0 aliphatic carbocycles. The molecule has 0 unspecified atom stereocenters. The van der Waals surface area contributed by atoms with E-state index in [1.807, 2.05) is 50.3 Å². The summed E-state index contributed by atoms with van der Waals surface area (Å²) in [4.78, 5) is 19.9. The summed E-state index contributed by atoms with van der Waals surface area (Å²) in [5, 5.41) is 24.5. The van der Waals surface area contributed by atoms with Gasteiger partial charge in [-0.15, -0.1) is 0 Å². The molecule has 0 amide bonds. The van der Waals surface area contributed by atoms with E-state index in [0.29, 0.717) is 42.1 Å². The molecule has 0 aliphatic rings. The second kappa shape index (κ2) is 10.0. The Bertz CT molecular complexity index is 769. The molecule has 0 radical (unpaired) electrons. The number of anilines is 2. The highest BCUT2D eigenvalue weighted by Crippen LogP contribution is 2.39. The number of pyridine rings is 1. The zero-order valence-corrected chi connectivity index (χ0v) is 16.0. The first-order valence-corrected chi connectivity index (χ1v) is 8.81. The van der Waals surface area contributed by atoms with Gasteiger partial charge in [0.05, 0.1) is 30.3 Å². The first-order valence-electron chi connectivity index (χ1n) is 8.81. The molecule has 1 aromatic heterocycles. The summed E-state index contributed by atoms with van der Waals surface area (Å²) in [6.07, 6.45) is 0. The normalized spacial score (nSPS) is 11.1. The first-order chi connectivity index (χ1) is 13.0. The predicted molar refractivity (Wildman–Crippen MR) is 107 cm³/mol. The lowest BCUT2D eigenvalue weighted by atomic mass is 10.1. The summed E-state index contributed by atoms with van der Waals surface area (Å²) >= 11 is 0. The van der Waals surface area contributed by atoms with Gasteiger partial charge in [0.15, 0.2) is 0 Å². The van der Waals surface area contributed by atoms with E-state index in [9.17, 15) is 10.1 Å². The van der Waals surface area contributed by atoms with E-state index in [-0.39, 0.29) is 18.9 Å². The average molecular weight is 377 g/mol. The van der Waals surface area contributed by atoms with E-state index in [0.717, 1.165) is 6.54 Å². The van der Waals surface area contributed by atoms with Crippen LogP contribution < -0.4 is 10.2 Å². The smallest absolute Gasteiger partial charge is 0.335 e. The molecule has 0 aliphatic heterocycles. The van der Waals surface area contributed by atoms with Crippen molar-refractivity contribution in [2.24, 2.45) is 0 Å². The van der Waals surface area contributed by atoms with Gasteiger partial charge >= 0.3 is 5.69 Å². The molecule has 2 N–H and O–H groups in total. The molecule has 0 atom stereocenters. The van der Waals surface area contributed by atoms with Crippen LogP contribution in [0.3, 0.4) is 0 Å². The Kier molecular flexibility index (Phi) is 7.71. The third-order valence-corrected chi connectivity index (χ3v) is 4.06. The minimum absolute atomic E-state index is 0.0443. The molecule has 0 bridgehead atoms. The lowest BCUT2D eigenvalue weighted by Crippen LogP contribution is -2.29. The molecule has 148 valence electrons. The van der Waals surface area contributed by atoms with Crippen molar-refractivity contribution in [3.8, 4) is 0 Å². The van der Waals surface area contributed by atoms with Crippen molar-refractivity contribution in [3.05, 3.63) is 34.4 Å². The lowest BCUT2D eigenvalue weighted by molar-refractivity contribution is -0.383. The Balaban J connectivity index is 2.42. The van der Waals surface area contributed by atoms with E-state index in [2.05, 4.69) is 10.3 Å². The molecule has 27 heavy (non-hydrogen) atoms. The molecule has 0 saturated carbocycles. The van der Waals surface area contributed by atoms with Gasteiger partial charge in [0.1, 0.15) is 5.69 Å². The first kappa shape index (κ1) is 20.8. The van der Waals surface area contributed by atoms with Crippen molar-refractivity contribution in [2.75, 3.05) is 70.8 Å². The van der Waals surface area contributed by atoms with Crippen LogP contribution in [0.25, 0.3) is 10.9 Å². The molecule has 1 aromatic carbocycles. The van der Waals surface area contributed by atoms with Gasteiger partial charge in [0.25, 0.3) is 0 Å². The highest BCUT2D eigenvalue weighted by atomic mass is 16.6. The molecule has 0 spiro atoms. The fourth-order valence-electron chi connectivity index (χ4n) is 2.68. The van der Waals surface area contributed by atoms with Gasteiger partial charge in [-0.2, -0.15) is 0 Å². The number of nitro groups is 1. The minimum atomic E-state index is -0.391. The van der Waals surface area contributed by atoms with Gasteiger partial charge in [0.2, 0.25) is 5.82 Å². The number of benzene rings is 1. The molecular weight excluding hydrogens is 350 g/mol. The highest BCUT2D eigenvalue weighted by Gasteiger charge is 2.27. The van der Waals surface area contributed by atoms with E-state index in [1.165, 1.54) is 0 Å². The maximum Gasteiger partial charge on any atom is 0.335 e. The number of ether oxygens (including phenoxy) is 1. The minimum Gasteiger partial charge on any atom is -0.394 e. The second-order valence-corrected chi connectivity index (χ2v) is 6.42. The SMILES string of the molecule is CN(C)CCN(C)c1nc2ccccc2c(NCCOCCO)c1[N+](=O)[O-]. The molecule has 1 heterocycles. The van der Waals surface area contributed by atoms with E-state index in [1.54, 1.807) is 4.90 Å². The van der Waals surface area contributed by atoms with Gasteiger partial charge in [-0.25, -0.2) is 4.98 Å². The van der Waals surface area contributed by atoms with Crippen LogP contribution in [0.2, 0.25) is 0 Å². The third-order valence-electron chi connectivity index (χ3n) is 4.06. The van der Waals surface area contributed by atoms with Crippen LogP contribution in [-0.2, 0) is 4.74 Å². The Labute approximate surface area is 158 Å². The average Bonchev–Trinajstić information content (AvgIpc) is 2.64. The second-order valence-electron chi connectivity index (χ2n) is 6.42. The zero-order valence-electron chi connectivity index (χ0n) is 16.0. The fraction of sp³-hybridized carbons (Fsp3) is 0.500. The number of nitrogens with one attached hydrogen (secondary N) is 1. The Morgan fingerprint density at radius 2 is 1.96 bits per heavy atom. The zero-order chi connectivity index (χ0) is 19.8. The van der Waals surface area contributed by atoms with Gasteiger partial charge in [-0.3, -0.25) is 10.1 Å². The summed E-state index contributed by atoms with van der Waals surface area (Å²) in [7, 11) is 5.71. The third kappa shape index (κ3) is 5.49. The number of hydrogen-bond donors (Lipinski definition) is 2. The monoisotopic (exact) mass is 377 g/mol. The van der Waals surface area contributed by atoms with Crippen LogP contribution in [0.4, 0.5) is 17.2 Å². The molecular formula is C18H27N5O4. The number of likely N-dealkylation sites (N-methyl/N-ethyl adjacent to an activating group) is 2. The number of nitrogens with zero attached hydrogens (tertiary/aromatic N) is 4. The maximum atomic E-state index is 11.9. The molecule has 9 nitrogen and oxygen atoms in total. The highest BCUT2D eigenvalue weighted by molar-refractivity contribution is 5.99. The van der Waals surface area contributed by atoms with Gasteiger partial charge in [0, 0.05) is 32.1 Å². The van der Waals surface area contributed by atoms with E-state index in [4.69, 9.17) is 9.84 Å². The van der Waals surface area contributed by atoms with Crippen LogP contribution in [0.15, 0.2) is 24.3 Å². The maximum absolute atomic E-state index is 11.9. The number of aliphatic hydroxyl groups excluding tert-OH is 1. The summed E-state index contributed by atoms with van der Waals surface area (Å²) in [5.74, 6) is 0.333. The van der Waals surface area contributed by atoms with Crippen molar-refractivity contribution >= 4 is 28.1 Å². The lowest BCUT2D eigenvalue weighted by Gasteiger charge is -2.22. The number of aromatic nitrogens is 1. The largest absolute Gasteiger partial charge is 0.394 e. The van der Waals surface area contributed by atoms with Crippen LogP contribution >= 0.6 is 0 Å². The Morgan fingerprint density at radius 1 is 1.22 bits per heavy atom. The molecule has 2 rings (SSSR count). The van der Waals surface area contributed by atoms with E-state index < -0.39 is 4.92 Å². The summed E-state index contributed by atoms with van der Waals surface area (Å²) in [6, 6.07) is 7.35. The topological polar surface area (TPSA) is 104 Å². The number of aliphatic hydroxyl groups is 1. The van der Waals surface area contributed by atoms with Crippen molar-refractivity contribution in [2.45, 2.75) is 0 Å². The summed E-state index contributed by atoms with van der Waals surface area (Å²) in [6.45, 7) is 2.26. The number of para-hydroxylation sites is 1. The molecule has 2 aromatic rings. The van der Waals surface area contributed by atoms with Crippen molar-refractivity contribution < 1.29 is 14.8 Å². The van der Waals surface area contributed by atoms with Gasteiger partial charge in [-0.1, -0.05) is 18.2 Å². The van der Waals surface area contributed by atoms with Crippen LogP contribution in [0, 0.1) is 10.1 Å². The number of hydrogen-bond acceptors (Lipinski definition) is 8. The fourth-order valence-corrected chi connectivity index (χ4v) is 2.68. The quantitative estimate of drug-likeness (QED) is 0.345. The van der Waals surface area contributed by atoms with Crippen molar-refractivity contribution in [3.63, 3.8) is 0 Å². The predicted octanol–water partition coefficient (Wildman–Crippen LogP) is 1.56. The standard InChI is InChI=1S/C18H27N5O4/c1-21(2)9-10-22(3)18-17(23(25)26)16(19-8-12-27-13-11-24)14-6-4-5-7-15(14)20-18/h4-7,24H,8-13H2,1-3H3,(H,19,20). The summed E-state index contributed by atoms with van der Waals surface area (Å²) in [5.41, 5.74) is 1.08. The number of rotatable bonds is 11. The van der Waals surface area contributed by atoms with Crippen LogP contribution in [0.5, 0.6) is 0 Å². The summed E-state index contributed by atoms with van der Waals surface area (Å²) < 4.78 is 5.25. The van der Waals surface area contributed by atoms with E-state index >= 15 is 0 Å². The van der Waals surface area contributed by atoms with Gasteiger partial charge in [-0.05, 0) is 20.2 Å². The van der Waals surface area contributed by atoms with Crippen LogP contribution in [-0.4, -0.2) is 80.5 Å². The molecule has 9 heteroatoms. The Morgan fingerprint density at radius 3 is 2.63 bits per heavy atom. The Hall–Kier alpha value is -2.49. The number of fused-ring (bicyclic) bond motifs is 1. The van der Waals surface area contributed by atoms with Crippen molar-refractivity contribution in [1.82, 2.24) is 9.88 Å². The molecule has 0 saturated heterocycles.